The first-order chi connectivity index (χ1) is 8.71. The summed E-state index contributed by atoms with van der Waals surface area (Å²) in [5, 5.41) is 7.36. The van der Waals surface area contributed by atoms with Crippen molar-refractivity contribution in [3.8, 4) is 0 Å². The number of halogens is 1. The molecule has 1 aliphatic rings. The summed E-state index contributed by atoms with van der Waals surface area (Å²) >= 11 is 7.81. The fourth-order valence-electron chi connectivity index (χ4n) is 2.12. The van der Waals surface area contributed by atoms with Crippen molar-refractivity contribution in [2.24, 2.45) is 0 Å². The van der Waals surface area contributed by atoms with E-state index in [0.717, 1.165) is 24.6 Å². The predicted molar refractivity (Wildman–Crippen MR) is 77.6 cm³/mol. The van der Waals surface area contributed by atoms with E-state index in [1.54, 1.807) is 0 Å². The Kier molecular flexibility index (Phi) is 4.88. The monoisotopic (exact) mass is 287 g/mol. The number of hydrogen-bond donors (Lipinski definition) is 2. The zero-order chi connectivity index (χ0) is 13.0. The van der Waals surface area contributed by atoms with Crippen molar-refractivity contribution < 1.29 is 0 Å². The maximum Gasteiger partial charge on any atom is 0.229 e. The Balaban J connectivity index is 2.00. The van der Waals surface area contributed by atoms with Crippen molar-refractivity contribution in [2.45, 2.75) is 37.5 Å². The summed E-state index contributed by atoms with van der Waals surface area (Å²) in [7, 11) is 0. The molecule has 2 rings (SSSR count). The molecule has 18 heavy (non-hydrogen) atoms. The summed E-state index contributed by atoms with van der Waals surface area (Å²) in [6.07, 6.45) is 5.72. The normalized spacial score (nSPS) is 23.1. The molecule has 1 aromatic heterocycles. The molecular formula is C11H18ClN5S. The second-order valence-electron chi connectivity index (χ2n) is 4.29. The third-order valence-corrected chi connectivity index (χ3v) is 4.26. The van der Waals surface area contributed by atoms with Gasteiger partial charge in [-0.15, -0.1) is 0 Å². The highest BCUT2D eigenvalue weighted by atomic mass is 35.5. The number of rotatable bonds is 5. The molecule has 2 atom stereocenters. The van der Waals surface area contributed by atoms with E-state index in [0.29, 0.717) is 17.9 Å². The zero-order valence-corrected chi connectivity index (χ0v) is 12.2. The number of anilines is 2. The highest BCUT2D eigenvalue weighted by Gasteiger charge is 2.24. The molecule has 1 heterocycles. The van der Waals surface area contributed by atoms with Crippen molar-refractivity contribution in [1.29, 1.82) is 0 Å². The average molecular weight is 288 g/mol. The molecule has 0 aromatic carbocycles. The average Bonchev–Trinajstić information content (AvgIpc) is 2.76. The van der Waals surface area contributed by atoms with Crippen LogP contribution in [0.4, 0.5) is 11.9 Å². The van der Waals surface area contributed by atoms with Gasteiger partial charge in [0.1, 0.15) is 0 Å². The minimum atomic E-state index is 0.225. The van der Waals surface area contributed by atoms with Crippen LogP contribution >= 0.6 is 23.4 Å². The molecule has 1 fully saturated rings. The minimum Gasteiger partial charge on any atom is -0.354 e. The van der Waals surface area contributed by atoms with Crippen molar-refractivity contribution >= 4 is 35.3 Å². The third kappa shape index (κ3) is 3.62. The van der Waals surface area contributed by atoms with E-state index >= 15 is 0 Å². The van der Waals surface area contributed by atoms with Gasteiger partial charge >= 0.3 is 0 Å². The van der Waals surface area contributed by atoms with Crippen LogP contribution in [0, 0.1) is 0 Å². The quantitative estimate of drug-likeness (QED) is 0.868. The van der Waals surface area contributed by atoms with Gasteiger partial charge in [0.05, 0.1) is 0 Å². The Morgan fingerprint density at radius 3 is 2.72 bits per heavy atom. The van der Waals surface area contributed by atoms with E-state index in [9.17, 15) is 0 Å². The molecule has 2 N–H and O–H groups in total. The largest absolute Gasteiger partial charge is 0.354 e. The molecule has 7 heteroatoms. The molecule has 0 bridgehead atoms. The van der Waals surface area contributed by atoms with E-state index < -0.39 is 0 Å². The molecule has 0 radical (unpaired) electrons. The van der Waals surface area contributed by atoms with E-state index in [1.807, 2.05) is 18.7 Å². The first-order valence-corrected chi connectivity index (χ1v) is 7.82. The molecular weight excluding hydrogens is 270 g/mol. The summed E-state index contributed by atoms with van der Waals surface area (Å²) in [5.41, 5.74) is 0. The van der Waals surface area contributed by atoms with Crippen LogP contribution in [-0.4, -0.2) is 39.0 Å². The Labute approximate surface area is 117 Å². The van der Waals surface area contributed by atoms with Crippen molar-refractivity contribution in [1.82, 2.24) is 15.0 Å². The van der Waals surface area contributed by atoms with Gasteiger partial charge in [-0.3, -0.25) is 0 Å². The Hall–Kier alpha value is -0.750. The maximum absolute atomic E-state index is 5.88. The summed E-state index contributed by atoms with van der Waals surface area (Å²) in [4.78, 5) is 12.4. The first-order valence-electron chi connectivity index (χ1n) is 6.16. The number of nitrogens with zero attached hydrogens (tertiary/aromatic N) is 3. The Morgan fingerprint density at radius 1 is 1.28 bits per heavy atom. The van der Waals surface area contributed by atoms with E-state index in [-0.39, 0.29) is 5.28 Å². The Morgan fingerprint density at radius 2 is 2.06 bits per heavy atom. The number of aromatic nitrogens is 3. The van der Waals surface area contributed by atoms with E-state index in [4.69, 9.17) is 11.6 Å². The van der Waals surface area contributed by atoms with Crippen LogP contribution in [0.5, 0.6) is 0 Å². The summed E-state index contributed by atoms with van der Waals surface area (Å²) in [6, 6.07) is 0.440. The first kappa shape index (κ1) is 13.7. The van der Waals surface area contributed by atoms with Crippen LogP contribution in [0.3, 0.4) is 0 Å². The molecule has 0 amide bonds. The lowest BCUT2D eigenvalue weighted by Crippen LogP contribution is -2.19. The number of thioether (sulfide) groups is 1. The van der Waals surface area contributed by atoms with Crippen LogP contribution in [-0.2, 0) is 0 Å². The molecule has 1 aliphatic carbocycles. The third-order valence-electron chi connectivity index (χ3n) is 2.99. The van der Waals surface area contributed by atoms with Crippen molar-refractivity contribution in [3.05, 3.63) is 5.28 Å². The van der Waals surface area contributed by atoms with E-state index in [1.165, 1.54) is 6.42 Å². The smallest absolute Gasteiger partial charge is 0.229 e. The molecule has 0 saturated heterocycles. The second-order valence-corrected chi connectivity index (χ2v) is 5.77. The fourth-order valence-corrected chi connectivity index (χ4v) is 3.08. The SMILES string of the molecule is CCNc1nc(Cl)nc(NC2CCC(SC)C2)n1. The number of hydrogen-bond acceptors (Lipinski definition) is 6. The van der Waals surface area contributed by atoms with Gasteiger partial charge in [-0.1, -0.05) is 0 Å². The molecule has 5 nitrogen and oxygen atoms in total. The van der Waals surface area contributed by atoms with E-state index in [2.05, 4.69) is 31.8 Å². The second kappa shape index (κ2) is 6.43. The standard InChI is InChI=1S/C11H18ClN5S/c1-3-13-10-15-9(12)16-11(17-10)14-7-4-5-8(6-7)18-2/h7-8H,3-6H2,1-2H3,(H2,13,14,15,16,17). The van der Waals surface area contributed by atoms with Crippen LogP contribution in [0.2, 0.25) is 5.28 Å². The minimum absolute atomic E-state index is 0.225. The Bertz CT molecular complexity index is 403. The van der Waals surface area contributed by atoms with Crippen LogP contribution in [0.15, 0.2) is 0 Å². The van der Waals surface area contributed by atoms with Gasteiger partial charge in [-0.2, -0.15) is 26.7 Å². The van der Waals surface area contributed by atoms with Gasteiger partial charge in [-0.05, 0) is 44.0 Å². The lowest BCUT2D eigenvalue weighted by molar-refractivity contribution is 0.744. The van der Waals surface area contributed by atoms with Gasteiger partial charge in [-0.25, -0.2) is 0 Å². The molecule has 0 aliphatic heterocycles. The molecule has 1 aromatic rings. The summed E-state index contributed by atoms with van der Waals surface area (Å²) in [5.74, 6) is 1.09. The highest BCUT2D eigenvalue weighted by Crippen LogP contribution is 2.29. The zero-order valence-electron chi connectivity index (χ0n) is 10.6. The summed E-state index contributed by atoms with van der Waals surface area (Å²) < 4.78 is 0. The van der Waals surface area contributed by atoms with Crippen LogP contribution in [0.1, 0.15) is 26.2 Å². The van der Waals surface area contributed by atoms with Crippen LogP contribution < -0.4 is 10.6 Å². The summed E-state index contributed by atoms with van der Waals surface area (Å²) in [6.45, 7) is 2.75. The van der Waals surface area contributed by atoms with Gasteiger partial charge in [0.15, 0.2) is 0 Å². The van der Waals surface area contributed by atoms with Crippen molar-refractivity contribution in [2.75, 3.05) is 23.4 Å². The fraction of sp³-hybridized carbons (Fsp3) is 0.727. The lowest BCUT2D eigenvalue weighted by Gasteiger charge is -2.13. The predicted octanol–water partition coefficient (Wildman–Crippen LogP) is 2.65. The topological polar surface area (TPSA) is 62.7 Å². The molecule has 100 valence electrons. The molecule has 1 saturated carbocycles. The van der Waals surface area contributed by atoms with Crippen LogP contribution in [0.25, 0.3) is 0 Å². The molecule has 2 unspecified atom stereocenters. The van der Waals surface area contributed by atoms with Gasteiger partial charge in [0, 0.05) is 17.8 Å². The van der Waals surface area contributed by atoms with Gasteiger partial charge in [0.25, 0.3) is 0 Å². The van der Waals surface area contributed by atoms with Gasteiger partial charge in [0.2, 0.25) is 17.2 Å². The molecule has 0 spiro atoms. The van der Waals surface area contributed by atoms with Crippen molar-refractivity contribution in [3.63, 3.8) is 0 Å². The number of nitrogens with one attached hydrogen (secondary N) is 2. The maximum atomic E-state index is 5.88. The highest BCUT2D eigenvalue weighted by molar-refractivity contribution is 7.99. The lowest BCUT2D eigenvalue weighted by atomic mass is 10.2. The van der Waals surface area contributed by atoms with Gasteiger partial charge < -0.3 is 10.6 Å².